The first-order valence-corrected chi connectivity index (χ1v) is 8.35. The zero-order valence-corrected chi connectivity index (χ0v) is 14.3. The van der Waals surface area contributed by atoms with Crippen molar-refractivity contribution in [3.8, 4) is 0 Å². The molecular formula is C17H20N2O7. The predicted octanol–water partition coefficient (Wildman–Crippen LogP) is 0.201. The highest BCUT2D eigenvalue weighted by Crippen LogP contribution is 2.40. The number of esters is 1. The molecule has 9 heteroatoms. The summed E-state index contributed by atoms with van der Waals surface area (Å²) in [6.45, 7) is 1.31. The van der Waals surface area contributed by atoms with Crippen LogP contribution in [0.15, 0.2) is 18.2 Å². The van der Waals surface area contributed by atoms with Crippen LogP contribution in [0, 0.1) is 0 Å². The SMILES string of the molecule is CC(=O)O[C@@H](C(=O)O)[C@H]1OCCN(c2cccc(C3(O)CCC3)n2)C1=O. The highest BCUT2D eigenvalue weighted by molar-refractivity contribution is 5.99. The third-order valence-corrected chi connectivity index (χ3v) is 4.60. The van der Waals surface area contributed by atoms with Crippen LogP contribution in [-0.2, 0) is 29.5 Å². The van der Waals surface area contributed by atoms with Crippen LogP contribution in [0.2, 0.25) is 0 Å². The van der Waals surface area contributed by atoms with Gasteiger partial charge in [-0.2, -0.15) is 0 Å². The van der Waals surface area contributed by atoms with E-state index in [1.807, 2.05) is 0 Å². The molecular weight excluding hydrogens is 344 g/mol. The Balaban J connectivity index is 1.84. The van der Waals surface area contributed by atoms with Crippen LogP contribution in [0.25, 0.3) is 0 Å². The van der Waals surface area contributed by atoms with E-state index in [-0.39, 0.29) is 13.2 Å². The third-order valence-electron chi connectivity index (χ3n) is 4.60. The fourth-order valence-electron chi connectivity index (χ4n) is 3.07. The number of morpholine rings is 1. The molecule has 26 heavy (non-hydrogen) atoms. The molecule has 1 aromatic heterocycles. The number of hydrogen-bond donors (Lipinski definition) is 2. The minimum absolute atomic E-state index is 0.0671. The van der Waals surface area contributed by atoms with Crippen molar-refractivity contribution in [1.29, 1.82) is 0 Å². The Bertz CT molecular complexity index is 732. The number of carbonyl (C=O) groups excluding carboxylic acids is 2. The lowest BCUT2D eigenvalue weighted by molar-refractivity contribution is -0.177. The number of amides is 1. The van der Waals surface area contributed by atoms with Crippen molar-refractivity contribution in [3.05, 3.63) is 23.9 Å². The standard InChI is InChI=1S/C17H20N2O7/c1-10(20)26-14(16(22)23)13-15(21)19(8-9-25-13)12-5-2-4-11(18-12)17(24)6-3-7-17/h2,4-5,13-14,24H,3,6-9H2,1H3,(H,22,23)/t13-,14-/m1/s1. The minimum Gasteiger partial charge on any atom is -0.478 e. The Morgan fingerprint density at radius 2 is 2.15 bits per heavy atom. The second-order valence-electron chi connectivity index (χ2n) is 6.42. The molecule has 0 bridgehead atoms. The Kier molecular flexibility index (Phi) is 4.92. The summed E-state index contributed by atoms with van der Waals surface area (Å²) in [4.78, 5) is 40.9. The van der Waals surface area contributed by atoms with Crippen molar-refractivity contribution < 1.29 is 34.1 Å². The van der Waals surface area contributed by atoms with Crippen LogP contribution in [0.3, 0.4) is 0 Å². The zero-order valence-electron chi connectivity index (χ0n) is 14.3. The van der Waals surface area contributed by atoms with E-state index in [1.54, 1.807) is 18.2 Å². The van der Waals surface area contributed by atoms with Crippen LogP contribution >= 0.6 is 0 Å². The van der Waals surface area contributed by atoms with Crippen LogP contribution in [0.1, 0.15) is 31.9 Å². The lowest BCUT2D eigenvalue weighted by Gasteiger charge is -2.37. The number of anilines is 1. The number of carboxylic acids is 1. The molecule has 2 fully saturated rings. The topological polar surface area (TPSA) is 126 Å². The first kappa shape index (κ1) is 18.3. The number of aliphatic carboxylic acids is 1. The van der Waals surface area contributed by atoms with Gasteiger partial charge in [0.15, 0.2) is 6.10 Å². The number of carboxylic acid groups (broad SMARTS) is 1. The highest BCUT2D eigenvalue weighted by atomic mass is 16.6. The van der Waals surface area contributed by atoms with Gasteiger partial charge in [0.25, 0.3) is 5.91 Å². The Morgan fingerprint density at radius 3 is 2.73 bits per heavy atom. The van der Waals surface area contributed by atoms with E-state index < -0.39 is 35.7 Å². The highest BCUT2D eigenvalue weighted by Gasteiger charge is 2.43. The lowest BCUT2D eigenvalue weighted by atomic mass is 9.77. The maximum Gasteiger partial charge on any atom is 0.348 e. The van der Waals surface area contributed by atoms with Crippen molar-refractivity contribution in [3.63, 3.8) is 0 Å². The zero-order chi connectivity index (χ0) is 18.9. The van der Waals surface area contributed by atoms with Gasteiger partial charge in [0.2, 0.25) is 6.10 Å². The summed E-state index contributed by atoms with van der Waals surface area (Å²) in [5.41, 5.74) is -0.501. The maximum atomic E-state index is 12.7. The van der Waals surface area contributed by atoms with E-state index in [9.17, 15) is 24.6 Å². The van der Waals surface area contributed by atoms with E-state index >= 15 is 0 Å². The first-order chi connectivity index (χ1) is 12.3. The molecule has 2 aliphatic rings. The lowest BCUT2D eigenvalue weighted by Crippen LogP contribution is -2.56. The average Bonchev–Trinajstić information content (AvgIpc) is 2.58. The monoisotopic (exact) mass is 364 g/mol. The van der Waals surface area contributed by atoms with Gasteiger partial charge in [0.1, 0.15) is 11.4 Å². The molecule has 0 unspecified atom stereocenters. The summed E-state index contributed by atoms with van der Waals surface area (Å²) in [7, 11) is 0. The van der Waals surface area contributed by atoms with Gasteiger partial charge in [-0.25, -0.2) is 9.78 Å². The summed E-state index contributed by atoms with van der Waals surface area (Å²) >= 11 is 0. The molecule has 9 nitrogen and oxygen atoms in total. The van der Waals surface area contributed by atoms with Crippen molar-refractivity contribution >= 4 is 23.7 Å². The van der Waals surface area contributed by atoms with E-state index in [2.05, 4.69) is 4.98 Å². The Hall–Kier alpha value is -2.52. The normalized spacial score (nSPS) is 23.1. The molecule has 2 heterocycles. The van der Waals surface area contributed by atoms with E-state index in [0.717, 1.165) is 13.3 Å². The number of aromatic nitrogens is 1. The second kappa shape index (κ2) is 7.00. The van der Waals surface area contributed by atoms with Gasteiger partial charge in [0.05, 0.1) is 18.8 Å². The summed E-state index contributed by atoms with van der Waals surface area (Å²) in [5.74, 6) is -2.65. The molecule has 140 valence electrons. The molecule has 1 aliphatic heterocycles. The summed E-state index contributed by atoms with van der Waals surface area (Å²) in [5, 5.41) is 19.7. The third kappa shape index (κ3) is 3.40. The Labute approximate surface area is 149 Å². The van der Waals surface area contributed by atoms with E-state index in [1.165, 1.54) is 4.90 Å². The number of hydrogen-bond acceptors (Lipinski definition) is 7. The first-order valence-electron chi connectivity index (χ1n) is 8.35. The van der Waals surface area contributed by atoms with Gasteiger partial charge >= 0.3 is 11.9 Å². The maximum absolute atomic E-state index is 12.7. The van der Waals surface area contributed by atoms with Crippen LogP contribution in [0.4, 0.5) is 5.82 Å². The molecule has 1 aromatic rings. The molecule has 1 saturated carbocycles. The van der Waals surface area contributed by atoms with Gasteiger partial charge in [-0.05, 0) is 31.4 Å². The molecule has 0 aromatic carbocycles. The largest absolute Gasteiger partial charge is 0.478 e. The molecule has 0 radical (unpaired) electrons. The molecule has 1 aliphatic carbocycles. The molecule has 2 N–H and O–H groups in total. The molecule has 0 spiro atoms. The fourth-order valence-corrected chi connectivity index (χ4v) is 3.07. The van der Waals surface area contributed by atoms with Gasteiger partial charge in [0, 0.05) is 6.92 Å². The molecule has 3 rings (SSSR count). The second-order valence-corrected chi connectivity index (χ2v) is 6.42. The van der Waals surface area contributed by atoms with E-state index in [4.69, 9.17) is 9.47 Å². The van der Waals surface area contributed by atoms with Gasteiger partial charge in [-0.15, -0.1) is 0 Å². The van der Waals surface area contributed by atoms with E-state index in [0.29, 0.717) is 24.4 Å². The Morgan fingerprint density at radius 1 is 1.42 bits per heavy atom. The average molecular weight is 364 g/mol. The number of rotatable bonds is 5. The smallest absolute Gasteiger partial charge is 0.348 e. The van der Waals surface area contributed by atoms with Gasteiger partial charge in [-0.3, -0.25) is 14.5 Å². The summed E-state index contributed by atoms with van der Waals surface area (Å²) < 4.78 is 10.0. The molecule has 1 amide bonds. The minimum atomic E-state index is -1.73. The van der Waals surface area contributed by atoms with Crippen LogP contribution in [-0.4, -0.2) is 58.4 Å². The molecule has 2 atom stereocenters. The van der Waals surface area contributed by atoms with Gasteiger partial charge in [-0.1, -0.05) is 6.07 Å². The molecule has 1 saturated heterocycles. The number of carbonyl (C=O) groups is 3. The van der Waals surface area contributed by atoms with Gasteiger partial charge < -0.3 is 19.7 Å². The summed E-state index contributed by atoms with van der Waals surface area (Å²) in [6, 6.07) is 4.99. The van der Waals surface area contributed by atoms with Crippen molar-refractivity contribution in [2.75, 3.05) is 18.1 Å². The number of nitrogens with zero attached hydrogens (tertiary/aromatic N) is 2. The van der Waals surface area contributed by atoms with Crippen molar-refractivity contribution in [1.82, 2.24) is 4.98 Å². The predicted molar refractivity (Wildman–Crippen MR) is 87.3 cm³/mol. The number of pyridine rings is 1. The number of aliphatic hydroxyl groups is 1. The van der Waals surface area contributed by atoms with Crippen molar-refractivity contribution in [2.45, 2.75) is 44.0 Å². The summed E-state index contributed by atoms with van der Waals surface area (Å²) in [6.07, 6.45) is -1.07. The van der Waals surface area contributed by atoms with Crippen LogP contribution in [0.5, 0.6) is 0 Å². The quantitative estimate of drug-likeness (QED) is 0.710. The van der Waals surface area contributed by atoms with Crippen molar-refractivity contribution in [2.24, 2.45) is 0 Å². The van der Waals surface area contributed by atoms with Crippen LogP contribution < -0.4 is 4.90 Å². The fraction of sp³-hybridized carbons (Fsp3) is 0.529. The number of ether oxygens (including phenoxy) is 2.